The summed E-state index contributed by atoms with van der Waals surface area (Å²) in [6, 6.07) is 6.90. The van der Waals surface area contributed by atoms with E-state index in [4.69, 9.17) is 0 Å². The fourth-order valence-corrected chi connectivity index (χ4v) is 3.14. The van der Waals surface area contributed by atoms with E-state index in [0.717, 1.165) is 0 Å². The summed E-state index contributed by atoms with van der Waals surface area (Å²) in [4.78, 5) is 1.06. The molecule has 2 rings (SSSR count). The van der Waals surface area contributed by atoms with E-state index in [9.17, 15) is 15.3 Å². The van der Waals surface area contributed by atoms with Crippen molar-refractivity contribution >= 4 is 22.7 Å². The summed E-state index contributed by atoms with van der Waals surface area (Å²) in [6.45, 7) is 0. The van der Waals surface area contributed by atoms with E-state index in [1.165, 1.54) is 22.7 Å². The standard InChI is InChI=1S/C10H10O3S2/c11-9(12)10(13,7-3-1-5-14-7)8-4-2-6-15-8/h1-6,9,11-13H. The monoisotopic (exact) mass is 242 g/mol. The van der Waals surface area contributed by atoms with Crippen molar-refractivity contribution in [3.63, 3.8) is 0 Å². The highest BCUT2D eigenvalue weighted by Gasteiger charge is 2.40. The first-order valence-corrected chi connectivity index (χ1v) is 6.08. The zero-order valence-corrected chi connectivity index (χ0v) is 9.33. The van der Waals surface area contributed by atoms with Crippen LogP contribution in [0, 0.1) is 0 Å². The maximum atomic E-state index is 10.3. The predicted octanol–water partition coefficient (Wildman–Crippen LogP) is 1.36. The Kier molecular flexibility index (Phi) is 2.90. The summed E-state index contributed by atoms with van der Waals surface area (Å²) < 4.78 is 0. The Hall–Kier alpha value is -0.720. The molecule has 15 heavy (non-hydrogen) atoms. The van der Waals surface area contributed by atoms with E-state index in [1.807, 2.05) is 0 Å². The molecule has 0 aliphatic carbocycles. The number of aliphatic hydroxyl groups excluding tert-OH is 1. The summed E-state index contributed by atoms with van der Waals surface area (Å²) in [6.07, 6.45) is -1.82. The van der Waals surface area contributed by atoms with Gasteiger partial charge in [0.2, 0.25) is 0 Å². The molecule has 0 unspecified atom stereocenters. The van der Waals surface area contributed by atoms with Gasteiger partial charge in [0.05, 0.1) is 0 Å². The Balaban J connectivity index is 2.51. The minimum atomic E-state index is -1.82. The van der Waals surface area contributed by atoms with Crippen molar-refractivity contribution in [1.82, 2.24) is 0 Å². The minimum absolute atomic E-state index is 0.528. The van der Waals surface area contributed by atoms with Gasteiger partial charge in [-0.3, -0.25) is 0 Å². The lowest BCUT2D eigenvalue weighted by atomic mass is 9.99. The Labute approximate surface area is 94.9 Å². The number of aliphatic hydroxyl groups is 3. The molecule has 0 aliphatic rings. The van der Waals surface area contributed by atoms with E-state index in [-0.39, 0.29) is 0 Å². The van der Waals surface area contributed by atoms with E-state index >= 15 is 0 Å². The van der Waals surface area contributed by atoms with Gasteiger partial charge in [0, 0.05) is 9.75 Å². The molecule has 0 spiro atoms. The Bertz CT molecular complexity index is 372. The summed E-state index contributed by atoms with van der Waals surface area (Å²) in [5.74, 6) is 0. The molecule has 0 bridgehead atoms. The third kappa shape index (κ3) is 1.73. The van der Waals surface area contributed by atoms with Gasteiger partial charge in [-0.25, -0.2) is 0 Å². The van der Waals surface area contributed by atoms with Crippen LogP contribution < -0.4 is 0 Å². The topological polar surface area (TPSA) is 60.7 Å². The summed E-state index contributed by atoms with van der Waals surface area (Å²) in [5.41, 5.74) is -1.71. The second-order valence-corrected chi connectivity index (χ2v) is 4.99. The molecule has 0 amide bonds. The molecule has 2 heterocycles. The zero-order chi connectivity index (χ0) is 10.9. The van der Waals surface area contributed by atoms with Crippen LogP contribution in [0.25, 0.3) is 0 Å². The van der Waals surface area contributed by atoms with Gasteiger partial charge >= 0.3 is 0 Å². The molecule has 80 valence electrons. The molecule has 2 aromatic heterocycles. The first-order chi connectivity index (χ1) is 7.15. The fraction of sp³-hybridized carbons (Fsp3) is 0.200. The van der Waals surface area contributed by atoms with E-state index in [1.54, 1.807) is 35.0 Å². The van der Waals surface area contributed by atoms with Gasteiger partial charge in [-0.2, -0.15) is 0 Å². The van der Waals surface area contributed by atoms with Gasteiger partial charge in [-0.15, -0.1) is 22.7 Å². The molecule has 3 nitrogen and oxygen atoms in total. The van der Waals surface area contributed by atoms with Gasteiger partial charge in [0.1, 0.15) is 0 Å². The van der Waals surface area contributed by atoms with Gasteiger partial charge < -0.3 is 15.3 Å². The van der Waals surface area contributed by atoms with E-state index in [0.29, 0.717) is 9.75 Å². The lowest BCUT2D eigenvalue weighted by Gasteiger charge is -2.27. The smallest absolute Gasteiger partial charge is 0.191 e. The predicted molar refractivity (Wildman–Crippen MR) is 59.9 cm³/mol. The third-order valence-corrected chi connectivity index (χ3v) is 4.16. The summed E-state index contributed by atoms with van der Waals surface area (Å²) in [5, 5.41) is 32.6. The summed E-state index contributed by atoms with van der Waals surface area (Å²) in [7, 11) is 0. The van der Waals surface area contributed by atoms with Crippen LogP contribution in [0.2, 0.25) is 0 Å². The zero-order valence-electron chi connectivity index (χ0n) is 7.70. The molecule has 5 heteroatoms. The number of thiophene rings is 2. The van der Waals surface area contributed by atoms with Crippen molar-refractivity contribution in [2.24, 2.45) is 0 Å². The van der Waals surface area contributed by atoms with E-state index < -0.39 is 11.9 Å². The average Bonchev–Trinajstić information content (AvgIpc) is 2.89. The molecule has 0 radical (unpaired) electrons. The molecule has 0 fully saturated rings. The molecule has 0 saturated heterocycles. The van der Waals surface area contributed by atoms with Crippen LogP contribution in [0.4, 0.5) is 0 Å². The number of rotatable bonds is 3. The average molecular weight is 242 g/mol. The van der Waals surface area contributed by atoms with Crippen LogP contribution in [-0.2, 0) is 5.60 Å². The first kappa shape index (κ1) is 10.8. The SMILES string of the molecule is OC(O)C(O)(c1cccs1)c1cccs1. The molecule has 0 atom stereocenters. The Morgan fingerprint density at radius 2 is 1.47 bits per heavy atom. The normalized spacial score (nSPS) is 12.3. The largest absolute Gasteiger partial charge is 0.374 e. The van der Waals surface area contributed by atoms with Crippen LogP contribution in [0.5, 0.6) is 0 Å². The van der Waals surface area contributed by atoms with Crippen molar-refractivity contribution in [2.45, 2.75) is 11.9 Å². The van der Waals surface area contributed by atoms with Crippen LogP contribution in [-0.4, -0.2) is 21.6 Å². The van der Waals surface area contributed by atoms with Gasteiger partial charge in [0.25, 0.3) is 0 Å². The maximum absolute atomic E-state index is 10.3. The number of hydrogen-bond donors (Lipinski definition) is 3. The van der Waals surface area contributed by atoms with Crippen LogP contribution >= 0.6 is 22.7 Å². The molecular formula is C10H10O3S2. The van der Waals surface area contributed by atoms with Crippen LogP contribution in [0.3, 0.4) is 0 Å². The Morgan fingerprint density at radius 1 is 1.00 bits per heavy atom. The third-order valence-electron chi connectivity index (χ3n) is 2.17. The number of hydrogen-bond acceptors (Lipinski definition) is 5. The van der Waals surface area contributed by atoms with Crippen LogP contribution in [0.1, 0.15) is 9.75 Å². The molecule has 0 aliphatic heterocycles. The quantitative estimate of drug-likeness (QED) is 0.712. The minimum Gasteiger partial charge on any atom is -0.374 e. The highest BCUT2D eigenvalue weighted by Crippen LogP contribution is 2.37. The first-order valence-electron chi connectivity index (χ1n) is 4.32. The highest BCUT2D eigenvalue weighted by molar-refractivity contribution is 7.11. The van der Waals surface area contributed by atoms with Gasteiger partial charge in [-0.1, -0.05) is 12.1 Å². The molecule has 0 saturated carbocycles. The lowest BCUT2D eigenvalue weighted by molar-refractivity contribution is -0.165. The highest BCUT2D eigenvalue weighted by atomic mass is 32.1. The van der Waals surface area contributed by atoms with E-state index in [2.05, 4.69) is 0 Å². The van der Waals surface area contributed by atoms with Crippen LogP contribution in [0.15, 0.2) is 35.0 Å². The van der Waals surface area contributed by atoms with Crippen molar-refractivity contribution in [3.05, 3.63) is 44.8 Å². The van der Waals surface area contributed by atoms with Crippen molar-refractivity contribution in [2.75, 3.05) is 0 Å². The molecular weight excluding hydrogens is 232 g/mol. The van der Waals surface area contributed by atoms with Crippen molar-refractivity contribution < 1.29 is 15.3 Å². The maximum Gasteiger partial charge on any atom is 0.191 e. The second-order valence-electron chi connectivity index (χ2n) is 3.09. The van der Waals surface area contributed by atoms with Gasteiger partial charge in [0.15, 0.2) is 11.9 Å². The Morgan fingerprint density at radius 3 is 1.73 bits per heavy atom. The molecule has 0 aromatic carbocycles. The lowest BCUT2D eigenvalue weighted by Crippen LogP contribution is -2.39. The summed E-state index contributed by atoms with van der Waals surface area (Å²) >= 11 is 2.59. The van der Waals surface area contributed by atoms with Gasteiger partial charge in [-0.05, 0) is 22.9 Å². The van der Waals surface area contributed by atoms with Crippen molar-refractivity contribution in [1.29, 1.82) is 0 Å². The molecule has 3 N–H and O–H groups in total. The fourth-order valence-electron chi connectivity index (χ4n) is 1.37. The van der Waals surface area contributed by atoms with Crippen molar-refractivity contribution in [3.8, 4) is 0 Å². The molecule has 2 aromatic rings. The second kappa shape index (κ2) is 4.03.